The van der Waals surface area contributed by atoms with E-state index in [-0.39, 0.29) is 24.0 Å². The molecular weight excluding hydrogens is 433 g/mol. The number of aliphatic imine (C=N–C) groups is 1. The van der Waals surface area contributed by atoms with E-state index in [2.05, 4.69) is 28.6 Å². The number of guanidine groups is 1. The van der Waals surface area contributed by atoms with Crippen LogP contribution in [-0.4, -0.2) is 30.7 Å². The molecule has 0 fully saturated rings. The van der Waals surface area contributed by atoms with Crippen LogP contribution in [0.5, 0.6) is 0 Å². The van der Waals surface area contributed by atoms with Gasteiger partial charge in [0.25, 0.3) is 0 Å². The zero-order valence-electron chi connectivity index (χ0n) is 14.7. The topological polar surface area (TPSA) is 56.7 Å². The van der Waals surface area contributed by atoms with Crippen LogP contribution in [0.25, 0.3) is 0 Å². The Kier molecular flexibility index (Phi) is 9.92. The molecule has 2 rings (SSSR count). The summed E-state index contributed by atoms with van der Waals surface area (Å²) in [6.07, 6.45) is 8.58. The van der Waals surface area contributed by atoms with Gasteiger partial charge in [0.05, 0.1) is 6.54 Å². The van der Waals surface area contributed by atoms with Crippen molar-refractivity contribution in [3.05, 3.63) is 34.0 Å². The van der Waals surface area contributed by atoms with Gasteiger partial charge in [-0.05, 0) is 68.3 Å². The van der Waals surface area contributed by atoms with Crippen molar-refractivity contribution in [3.63, 3.8) is 0 Å². The summed E-state index contributed by atoms with van der Waals surface area (Å²) in [5.41, 5.74) is 1.56. The van der Waals surface area contributed by atoms with Crippen molar-refractivity contribution in [3.8, 4) is 0 Å². The first-order valence-corrected chi connectivity index (χ1v) is 9.51. The Morgan fingerprint density at radius 1 is 1.38 bits per heavy atom. The van der Waals surface area contributed by atoms with Gasteiger partial charge >= 0.3 is 0 Å². The van der Waals surface area contributed by atoms with E-state index in [9.17, 15) is 5.11 Å². The summed E-state index contributed by atoms with van der Waals surface area (Å²) in [6.45, 7) is 5.92. The highest BCUT2D eigenvalue weighted by molar-refractivity contribution is 14.0. The highest BCUT2D eigenvalue weighted by atomic mass is 127. The van der Waals surface area contributed by atoms with E-state index in [4.69, 9.17) is 0 Å². The van der Waals surface area contributed by atoms with Gasteiger partial charge in [0.15, 0.2) is 5.96 Å². The third-order valence-corrected chi connectivity index (χ3v) is 4.84. The van der Waals surface area contributed by atoms with Crippen LogP contribution >= 0.6 is 35.3 Å². The summed E-state index contributed by atoms with van der Waals surface area (Å²) in [7, 11) is 0. The summed E-state index contributed by atoms with van der Waals surface area (Å²) < 4.78 is 0. The predicted molar refractivity (Wildman–Crippen MR) is 114 cm³/mol. The number of aliphatic hydroxyl groups is 1. The minimum Gasteiger partial charge on any atom is -0.383 e. The van der Waals surface area contributed by atoms with Crippen molar-refractivity contribution in [1.82, 2.24) is 10.6 Å². The average molecular weight is 463 g/mol. The number of rotatable bonds is 7. The molecule has 1 aromatic heterocycles. The first-order chi connectivity index (χ1) is 11.1. The molecule has 0 spiro atoms. The van der Waals surface area contributed by atoms with Crippen LogP contribution in [0.3, 0.4) is 0 Å². The molecule has 136 valence electrons. The Morgan fingerprint density at radius 2 is 2.21 bits per heavy atom. The lowest BCUT2D eigenvalue weighted by molar-refractivity contribution is 0.0677. The third kappa shape index (κ3) is 7.11. The molecule has 1 heterocycles. The molecule has 0 saturated carbocycles. The molecular formula is C18H30IN3OS. The van der Waals surface area contributed by atoms with Gasteiger partial charge in [0.1, 0.15) is 5.60 Å². The number of halogens is 1. The van der Waals surface area contributed by atoms with Gasteiger partial charge in [0.2, 0.25) is 0 Å². The van der Waals surface area contributed by atoms with Crippen LogP contribution < -0.4 is 10.6 Å². The molecule has 3 N–H and O–H groups in total. The minimum absolute atomic E-state index is 0. The van der Waals surface area contributed by atoms with Gasteiger partial charge in [-0.3, -0.25) is 0 Å². The van der Waals surface area contributed by atoms with Crippen LogP contribution in [0, 0.1) is 0 Å². The van der Waals surface area contributed by atoms with Crippen molar-refractivity contribution >= 4 is 41.3 Å². The molecule has 0 amide bonds. The molecule has 0 bridgehead atoms. The van der Waals surface area contributed by atoms with Gasteiger partial charge in [-0.2, -0.15) is 11.3 Å². The van der Waals surface area contributed by atoms with Crippen LogP contribution in [0.2, 0.25) is 0 Å². The lowest BCUT2D eigenvalue weighted by atomic mass is 9.97. The van der Waals surface area contributed by atoms with Gasteiger partial charge < -0.3 is 15.7 Å². The zero-order chi connectivity index (χ0) is 16.5. The Hall–Kier alpha value is -0.600. The maximum atomic E-state index is 10.6. The number of hydrogen-bond acceptors (Lipinski definition) is 3. The molecule has 1 unspecified atom stereocenters. The van der Waals surface area contributed by atoms with E-state index in [0.717, 1.165) is 31.0 Å². The molecule has 4 nitrogen and oxygen atoms in total. The molecule has 1 aromatic rings. The first kappa shape index (κ1) is 21.4. The second-order valence-electron chi connectivity index (χ2n) is 6.27. The van der Waals surface area contributed by atoms with Gasteiger partial charge in [-0.25, -0.2) is 4.99 Å². The molecule has 0 aliphatic heterocycles. The van der Waals surface area contributed by atoms with Crippen molar-refractivity contribution < 1.29 is 5.11 Å². The predicted octanol–water partition coefficient (Wildman–Crippen LogP) is 4.02. The minimum atomic E-state index is -0.922. The maximum Gasteiger partial charge on any atom is 0.191 e. The highest BCUT2D eigenvalue weighted by Gasteiger charge is 2.23. The number of hydrogen-bond donors (Lipinski definition) is 3. The Labute approximate surface area is 166 Å². The molecule has 6 heteroatoms. The lowest BCUT2D eigenvalue weighted by Crippen LogP contribution is -2.39. The summed E-state index contributed by atoms with van der Waals surface area (Å²) in [5.74, 6) is 0.777. The number of allylic oxidation sites excluding steroid dienone is 1. The van der Waals surface area contributed by atoms with E-state index in [1.807, 2.05) is 23.8 Å². The largest absolute Gasteiger partial charge is 0.383 e. The van der Waals surface area contributed by atoms with Gasteiger partial charge in [-0.1, -0.05) is 11.6 Å². The lowest BCUT2D eigenvalue weighted by Gasteiger charge is -2.21. The van der Waals surface area contributed by atoms with Crippen molar-refractivity contribution in [2.24, 2.45) is 4.99 Å². The fourth-order valence-electron chi connectivity index (χ4n) is 2.71. The monoisotopic (exact) mass is 463 g/mol. The number of nitrogens with zero attached hydrogens (tertiary/aromatic N) is 1. The van der Waals surface area contributed by atoms with E-state index >= 15 is 0 Å². The van der Waals surface area contributed by atoms with Crippen LogP contribution in [0.15, 0.2) is 33.5 Å². The second kappa shape index (κ2) is 11.1. The van der Waals surface area contributed by atoms with Crippen molar-refractivity contribution in [2.75, 3.05) is 19.6 Å². The Balaban J connectivity index is 0.00000288. The van der Waals surface area contributed by atoms with Crippen molar-refractivity contribution in [2.45, 2.75) is 51.6 Å². The average Bonchev–Trinajstić information content (AvgIpc) is 3.09. The summed E-state index contributed by atoms with van der Waals surface area (Å²) in [6, 6.07) is 1.95. The van der Waals surface area contributed by atoms with E-state index < -0.39 is 5.60 Å². The van der Waals surface area contributed by atoms with Gasteiger partial charge in [0, 0.05) is 13.1 Å². The summed E-state index contributed by atoms with van der Waals surface area (Å²) >= 11 is 1.59. The molecule has 24 heavy (non-hydrogen) atoms. The number of thiophene rings is 1. The van der Waals surface area contributed by atoms with Crippen LogP contribution in [-0.2, 0) is 5.60 Å². The van der Waals surface area contributed by atoms with Crippen LogP contribution in [0.1, 0.15) is 51.5 Å². The second-order valence-corrected chi connectivity index (χ2v) is 7.05. The maximum absolute atomic E-state index is 10.6. The highest BCUT2D eigenvalue weighted by Crippen LogP contribution is 2.23. The standard InChI is InChI=1S/C18H29N3OS.HI/c1-3-19-17(20-11-9-15-7-5-4-6-8-15)21-14-18(2,22)16-10-12-23-13-16;/h7,10,12-13,22H,3-6,8-9,11,14H2,1-2H3,(H2,19,20,21);1H. The quantitative estimate of drug-likeness (QED) is 0.248. The fraction of sp³-hybridized carbons (Fsp3) is 0.611. The summed E-state index contributed by atoms with van der Waals surface area (Å²) in [5, 5.41) is 21.1. The van der Waals surface area contributed by atoms with E-state index in [1.54, 1.807) is 16.9 Å². The molecule has 0 aromatic carbocycles. The summed E-state index contributed by atoms with van der Waals surface area (Å²) in [4.78, 5) is 4.55. The Bertz CT molecular complexity index is 526. The normalized spacial score (nSPS) is 17.5. The number of nitrogens with one attached hydrogen (secondary N) is 2. The van der Waals surface area contributed by atoms with Crippen LogP contribution in [0.4, 0.5) is 0 Å². The molecule has 0 radical (unpaired) electrons. The molecule has 0 saturated heterocycles. The SMILES string of the molecule is CCNC(=NCC(C)(O)c1ccsc1)NCCC1=CCCCC1.I. The smallest absolute Gasteiger partial charge is 0.191 e. The zero-order valence-corrected chi connectivity index (χ0v) is 17.8. The Morgan fingerprint density at radius 3 is 2.83 bits per heavy atom. The first-order valence-electron chi connectivity index (χ1n) is 8.57. The third-order valence-electron chi connectivity index (χ3n) is 4.16. The van der Waals surface area contributed by atoms with E-state index in [1.165, 1.54) is 25.7 Å². The van der Waals surface area contributed by atoms with E-state index in [0.29, 0.717) is 6.54 Å². The van der Waals surface area contributed by atoms with Crippen molar-refractivity contribution in [1.29, 1.82) is 0 Å². The molecule has 1 aliphatic carbocycles. The van der Waals surface area contributed by atoms with Gasteiger partial charge in [-0.15, -0.1) is 24.0 Å². The molecule has 1 aliphatic rings. The molecule has 1 atom stereocenters. The fourth-order valence-corrected chi connectivity index (χ4v) is 3.49.